The Kier molecular flexibility index (Phi) is 1.10. The lowest BCUT2D eigenvalue weighted by Gasteiger charge is -2.37. The SMILES string of the molecule is CC1C2COCOC34C(C=CC13C)C24. The summed E-state index contributed by atoms with van der Waals surface area (Å²) in [5.41, 5.74) is 0.435. The van der Waals surface area contributed by atoms with Gasteiger partial charge in [0.2, 0.25) is 0 Å². The second-order valence-electron chi connectivity index (χ2n) is 5.57. The van der Waals surface area contributed by atoms with E-state index in [2.05, 4.69) is 26.0 Å². The van der Waals surface area contributed by atoms with E-state index in [0.717, 1.165) is 18.4 Å². The van der Waals surface area contributed by atoms with E-state index in [1.807, 2.05) is 0 Å². The van der Waals surface area contributed by atoms with Crippen molar-refractivity contribution in [2.45, 2.75) is 19.4 Å². The zero-order chi connectivity index (χ0) is 9.55. The van der Waals surface area contributed by atoms with Gasteiger partial charge in [-0.15, -0.1) is 0 Å². The van der Waals surface area contributed by atoms with Crippen molar-refractivity contribution in [3.05, 3.63) is 12.2 Å². The van der Waals surface area contributed by atoms with E-state index in [1.165, 1.54) is 0 Å². The van der Waals surface area contributed by atoms with Gasteiger partial charge in [-0.05, 0) is 11.8 Å². The van der Waals surface area contributed by atoms with Crippen LogP contribution in [0.2, 0.25) is 0 Å². The predicted molar refractivity (Wildman–Crippen MR) is 51.5 cm³/mol. The standard InChI is InChI=1S/C12H16O2/c1-7-8-5-13-6-14-12-9(10(8)12)3-4-11(7,12)2/h3-4,7-10H,5-6H2,1-2H3. The maximum Gasteiger partial charge on any atom is 0.147 e. The quantitative estimate of drug-likeness (QED) is 0.545. The van der Waals surface area contributed by atoms with Crippen molar-refractivity contribution in [2.24, 2.45) is 29.1 Å². The molecule has 1 spiro atoms. The van der Waals surface area contributed by atoms with Crippen molar-refractivity contribution in [1.82, 2.24) is 0 Å². The second-order valence-corrected chi connectivity index (χ2v) is 5.57. The van der Waals surface area contributed by atoms with Crippen LogP contribution in [0, 0.1) is 29.1 Å². The molecule has 4 rings (SSSR count). The lowest BCUT2D eigenvalue weighted by Crippen LogP contribution is -2.39. The minimum atomic E-state index is 0.146. The molecule has 2 nitrogen and oxygen atoms in total. The molecule has 0 radical (unpaired) electrons. The molecule has 3 fully saturated rings. The minimum Gasteiger partial charge on any atom is -0.355 e. The Morgan fingerprint density at radius 1 is 1.43 bits per heavy atom. The molecular weight excluding hydrogens is 176 g/mol. The largest absolute Gasteiger partial charge is 0.355 e. The number of hydrogen-bond donors (Lipinski definition) is 0. The van der Waals surface area contributed by atoms with Gasteiger partial charge in [-0.3, -0.25) is 0 Å². The zero-order valence-electron chi connectivity index (χ0n) is 8.69. The van der Waals surface area contributed by atoms with Crippen LogP contribution in [-0.2, 0) is 9.47 Å². The van der Waals surface area contributed by atoms with Crippen LogP contribution in [0.25, 0.3) is 0 Å². The average Bonchev–Trinajstić information content (AvgIpc) is 2.73. The molecule has 0 aromatic carbocycles. The molecule has 2 saturated carbocycles. The van der Waals surface area contributed by atoms with Crippen LogP contribution in [-0.4, -0.2) is 19.0 Å². The Morgan fingerprint density at radius 2 is 2.29 bits per heavy atom. The maximum absolute atomic E-state index is 6.03. The summed E-state index contributed by atoms with van der Waals surface area (Å²) in [4.78, 5) is 0. The summed E-state index contributed by atoms with van der Waals surface area (Å²) >= 11 is 0. The van der Waals surface area contributed by atoms with E-state index in [0.29, 0.717) is 18.6 Å². The Morgan fingerprint density at radius 3 is 3.14 bits per heavy atom. The van der Waals surface area contributed by atoms with Gasteiger partial charge in [-0.25, -0.2) is 0 Å². The van der Waals surface area contributed by atoms with Crippen LogP contribution in [0.5, 0.6) is 0 Å². The van der Waals surface area contributed by atoms with Crippen LogP contribution < -0.4 is 0 Å². The van der Waals surface area contributed by atoms with Crippen molar-refractivity contribution < 1.29 is 9.47 Å². The first-order chi connectivity index (χ1) is 6.72. The molecule has 1 saturated heterocycles. The van der Waals surface area contributed by atoms with E-state index in [-0.39, 0.29) is 11.0 Å². The van der Waals surface area contributed by atoms with Crippen LogP contribution in [0.3, 0.4) is 0 Å². The fourth-order valence-corrected chi connectivity index (χ4v) is 4.60. The van der Waals surface area contributed by atoms with Crippen LogP contribution in [0.4, 0.5) is 0 Å². The molecule has 0 N–H and O–H groups in total. The first-order valence-corrected chi connectivity index (χ1v) is 5.63. The molecule has 6 atom stereocenters. The fraction of sp³-hybridized carbons (Fsp3) is 0.833. The third-order valence-corrected chi connectivity index (χ3v) is 5.50. The van der Waals surface area contributed by atoms with Gasteiger partial charge >= 0.3 is 0 Å². The average molecular weight is 192 g/mol. The number of hydrogen-bond acceptors (Lipinski definition) is 2. The molecule has 3 aliphatic carbocycles. The van der Waals surface area contributed by atoms with Gasteiger partial charge in [0.05, 0.1) is 12.2 Å². The van der Waals surface area contributed by atoms with Gasteiger partial charge in [0.25, 0.3) is 0 Å². The Labute approximate surface area is 84.3 Å². The highest BCUT2D eigenvalue weighted by atomic mass is 16.7. The van der Waals surface area contributed by atoms with Gasteiger partial charge in [0.1, 0.15) is 6.79 Å². The van der Waals surface area contributed by atoms with E-state index in [9.17, 15) is 0 Å². The summed E-state index contributed by atoms with van der Waals surface area (Å²) in [6, 6.07) is 0. The molecule has 0 aromatic rings. The topological polar surface area (TPSA) is 18.5 Å². The summed E-state index contributed by atoms with van der Waals surface area (Å²) in [5, 5.41) is 0. The van der Waals surface area contributed by atoms with Gasteiger partial charge in [-0.1, -0.05) is 26.0 Å². The molecular formula is C12H16O2. The predicted octanol–water partition coefficient (Wildman–Crippen LogP) is 1.82. The van der Waals surface area contributed by atoms with Crippen molar-refractivity contribution in [1.29, 1.82) is 0 Å². The molecule has 0 aromatic heterocycles. The first kappa shape index (κ1) is 7.89. The summed E-state index contributed by atoms with van der Waals surface area (Å²) < 4.78 is 11.5. The molecule has 6 unspecified atom stereocenters. The third-order valence-electron chi connectivity index (χ3n) is 5.50. The number of ether oxygens (including phenoxy) is 2. The van der Waals surface area contributed by atoms with Crippen molar-refractivity contribution in [3.8, 4) is 0 Å². The molecule has 2 bridgehead atoms. The van der Waals surface area contributed by atoms with E-state index < -0.39 is 0 Å². The van der Waals surface area contributed by atoms with E-state index >= 15 is 0 Å². The summed E-state index contributed by atoms with van der Waals surface area (Å²) in [7, 11) is 0. The number of rotatable bonds is 0. The summed E-state index contributed by atoms with van der Waals surface area (Å²) in [5.74, 6) is 2.90. The Balaban J connectivity index is 1.90. The smallest absolute Gasteiger partial charge is 0.147 e. The molecule has 1 heterocycles. The highest BCUT2D eigenvalue weighted by Crippen LogP contribution is 2.79. The maximum atomic E-state index is 6.03. The van der Waals surface area contributed by atoms with Gasteiger partial charge in [0, 0.05) is 17.3 Å². The molecule has 0 amide bonds. The third kappa shape index (κ3) is 0.516. The minimum absolute atomic E-state index is 0.146. The van der Waals surface area contributed by atoms with Crippen molar-refractivity contribution in [3.63, 3.8) is 0 Å². The normalized spacial score (nSPS) is 67.9. The molecule has 14 heavy (non-hydrogen) atoms. The Hall–Kier alpha value is -0.340. The van der Waals surface area contributed by atoms with Crippen LogP contribution in [0.1, 0.15) is 13.8 Å². The highest BCUT2D eigenvalue weighted by Gasteiger charge is 2.84. The second kappa shape index (κ2) is 1.96. The molecule has 2 heteroatoms. The fourth-order valence-electron chi connectivity index (χ4n) is 4.60. The lowest BCUT2D eigenvalue weighted by atomic mass is 9.74. The summed E-state index contributed by atoms with van der Waals surface area (Å²) in [6.45, 7) is 6.15. The molecule has 76 valence electrons. The van der Waals surface area contributed by atoms with E-state index in [4.69, 9.17) is 9.47 Å². The molecule has 4 aliphatic rings. The van der Waals surface area contributed by atoms with Crippen molar-refractivity contribution >= 4 is 0 Å². The molecule has 1 aliphatic heterocycles. The lowest BCUT2D eigenvalue weighted by molar-refractivity contribution is -0.147. The van der Waals surface area contributed by atoms with Gasteiger partial charge in [0.15, 0.2) is 0 Å². The monoisotopic (exact) mass is 192 g/mol. The van der Waals surface area contributed by atoms with Crippen LogP contribution >= 0.6 is 0 Å². The van der Waals surface area contributed by atoms with Crippen LogP contribution in [0.15, 0.2) is 12.2 Å². The van der Waals surface area contributed by atoms with Crippen molar-refractivity contribution in [2.75, 3.05) is 13.4 Å². The highest BCUT2D eigenvalue weighted by molar-refractivity contribution is 5.43. The van der Waals surface area contributed by atoms with Gasteiger partial charge < -0.3 is 9.47 Å². The Bertz CT molecular complexity index is 337. The summed E-state index contributed by atoms with van der Waals surface area (Å²) in [6.07, 6.45) is 4.80. The zero-order valence-corrected chi connectivity index (χ0v) is 8.69. The van der Waals surface area contributed by atoms with Gasteiger partial charge in [-0.2, -0.15) is 0 Å². The van der Waals surface area contributed by atoms with E-state index in [1.54, 1.807) is 0 Å². The first-order valence-electron chi connectivity index (χ1n) is 5.63.